The maximum atomic E-state index is 12.4. The normalized spacial score (nSPS) is 13.0. The number of carbonyl (C=O) groups is 1. The maximum absolute atomic E-state index is 12.4. The van der Waals surface area contributed by atoms with Gasteiger partial charge in [-0.05, 0) is 49.9 Å². The van der Waals surface area contributed by atoms with Crippen LogP contribution >= 0.6 is 0 Å². The Kier molecular flexibility index (Phi) is 5.83. The Balaban J connectivity index is 1.12. The predicted octanol–water partition coefficient (Wildman–Crippen LogP) is 5.50. The molecule has 32 heavy (non-hydrogen) atoms. The van der Waals surface area contributed by atoms with Crippen molar-refractivity contribution in [1.82, 2.24) is 14.5 Å². The first-order valence-corrected chi connectivity index (χ1v) is 11.2. The van der Waals surface area contributed by atoms with Crippen LogP contribution in [0.1, 0.15) is 37.3 Å². The lowest BCUT2D eigenvalue weighted by Crippen LogP contribution is -2.12. The molecule has 1 N–H and O–H groups in total. The van der Waals surface area contributed by atoms with Crippen LogP contribution in [0, 0.1) is 0 Å². The van der Waals surface area contributed by atoms with Gasteiger partial charge in [0.1, 0.15) is 5.82 Å². The number of nitrogens with zero attached hydrogens (tertiary/aromatic N) is 3. The molecule has 6 nitrogen and oxygen atoms in total. The Labute approximate surface area is 187 Å². The number of aryl methyl sites for hydroxylation is 2. The second kappa shape index (κ2) is 9.22. The summed E-state index contributed by atoms with van der Waals surface area (Å²) in [7, 11) is 0. The lowest BCUT2D eigenvalue weighted by molar-refractivity contribution is -0.116. The van der Waals surface area contributed by atoms with E-state index in [1.807, 2.05) is 60.8 Å². The summed E-state index contributed by atoms with van der Waals surface area (Å²) < 4.78 is 8.12. The number of amides is 1. The first-order valence-electron chi connectivity index (χ1n) is 11.2. The van der Waals surface area contributed by atoms with Crippen LogP contribution in [0.4, 0.5) is 5.69 Å². The van der Waals surface area contributed by atoms with Gasteiger partial charge >= 0.3 is 0 Å². The Morgan fingerprint density at radius 3 is 2.66 bits per heavy atom. The molecule has 0 fully saturated rings. The van der Waals surface area contributed by atoms with Crippen molar-refractivity contribution in [3.63, 3.8) is 0 Å². The summed E-state index contributed by atoms with van der Waals surface area (Å²) in [6.45, 7) is 1.03. The molecule has 0 aliphatic carbocycles. The van der Waals surface area contributed by atoms with E-state index in [2.05, 4.69) is 19.9 Å². The number of aromatic nitrogens is 3. The molecule has 0 saturated carbocycles. The fraction of sp³-hybridized carbons (Fsp3) is 0.269. The van der Waals surface area contributed by atoms with Gasteiger partial charge in [-0.1, -0.05) is 30.3 Å². The van der Waals surface area contributed by atoms with Gasteiger partial charge in [0.05, 0.1) is 6.20 Å². The van der Waals surface area contributed by atoms with Gasteiger partial charge in [0.2, 0.25) is 5.91 Å². The van der Waals surface area contributed by atoms with Crippen LogP contribution in [0.15, 0.2) is 71.4 Å². The van der Waals surface area contributed by atoms with Crippen LogP contribution in [0.2, 0.25) is 0 Å². The third-order valence-corrected chi connectivity index (χ3v) is 5.84. The first kappa shape index (κ1) is 20.2. The second-order valence-electron chi connectivity index (χ2n) is 8.15. The number of benzene rings is 2. The SMILES string of the molecule is O=C(CCCc1ncc(-c2ccccc2)o1)Nc1ccc(-c2ncc3n2CCCC3)cc1. The van der Waals surface area contributed by atoms with E-state index in [9.17, 15) is 4.79 Å². The van der Waals surface area contributed by atoms with Gasteiger partial charge in [0.25, 0.3) is 0 Å². The lowest BCUT2D eigenvalue weighted by Gasteiger charge is -2.16. The molecule has 0 bridgehead atoms. The molecule has 3 heterocycles. The fourth-order valence-electron chi connectivity index (χ4n) is 4.15. The smallest absolute Gasteiger partial charge is 0.224 e. The average molecular weight is 427 g/mol. The number of rotatable bonds is 7. The Morgan fingerprint density at radius 1 is 0.969 bits per heavy atom. The second-order valence-corrected chi connectivity index (χ2v) is 8.15. The van der Waals surface area contributed by atoms with Gasteiger partial charge in [-0.25, -0.2) is 9.97 Å². The summed E-state index contributed by atoms with van der Waals surface area (Å²) in [4.78, 5) is 21.3. The minimum Gasteiger partial charge on any atom is -0.441 e. The highest BCUT2D eigenvalue weighted by atomic mass is 16.4. The van der Waals surface area contributed by atoms with Crippen LogP contribution < -0.4 is 5.32 Å². The topological polar surface area (TPSA) is 73.0 Å². The van der Waals surface area contributed by atoms with Gasteiger partial charge in [-0.15, -0.1) is 0 Å². The van der Waals surface area contributed by atoms with E-state index in [-0.39, 0.29) is 5.91 Å². The molecule has 0 spiro atoms. The molecule has 1 aliphatic rings. The third kappa shape index (κ3) is 4.49. The first-order chi connectivity index (χ1) is 15.8. The summed E-state index contributed by atoms with van der Waals surface area (Å²) in [5, 5.41) is 2.98. The van der Waals surface area contributed by atoms with E-state index in [0.29, 0.717) is 25.2 Å². The van der Waals surface area contributed by atoms with Crippen molar-refractivity contribution in [2.45, 2.75) is 45.1 Å². The van der Waals surface area contributed by atoms with Crippen molar-refractivity contribution in [3.8, 4) is 22.7 Å². The van der Waals surface area contributed by atoms with E-state index >= 15 is 0 Å². The molecule has 6 heteroatoms. The lowest BCUT2D eigenvalue weighted by atomic mass is 10.1. The van der Waals surface area contributed by atoms with E-state index in [1.54, 1.807) is 6.20 Å². The van der Waals surface area contributed by atoms with Crippen LogP contribution in [-0.4, -0.2) is 20.4 Å². The summed E-state index contributed by atoms with van der Waals surface area (Å²) in [5.74, 6) is 2.41. The Hall–Kier alpha value is -3.67. The minimum atomic E-state index is -0.00854. The largest absolute Gasteiger partial charge is 0.441 e. The highest BCUT2D eigenvalue weighted by Gasteiger charge is 2.15. The number of anilines is 1. The molecule has 2 aromatic carbocycles. The molecule has 0 atom stereocenters. The molecule has 1 amide bonds. The monoisotopic (exact) mass is 426 g/mol. The molecular weight excluding hydrogens is 400 g/mol. The van der Waals surface area contributed by atoms with Crippen molar-refractivity contribution < 1.29 is 9.21 Å². The van der Waals surface area contributed by atoms with Crippen molar-refractivity contribution in [2.75, 3.05) is 5.32 Å². The molecule has 5 rings (SSSR count). The van der Waals surface area contributed by atoms with Gasteiger partial charge in [-0.3, -0.25) is 4.79 Å². The molecule has 2 aromatic heterocycles. The third-order valence-electron chi connectivity index (χ3n) is 5.84. The predicted molar refractivity (Wildman–Crippen MR) is 124 cm³/mol. The van der Waals surface area contributed by atoms with Crippen molar-refractivity contribution in [1.29, 1.82) is 0 Å². The molecule has 0 saturated heterocycles. The van der Waals surface area contributed by atoms with Gasteiger partial charge in [0.15, 0.2) is 11.7 Å². The highest BCUT2D eigenvalue weighted by Crippen LogP contribution is 2.26. The molecule has 0 radical (unpaired) electrons. The van der Waals surface area contributed by atoms with Gasteiger partial charge in [0, 0.05) is 48.1 Å². The van der Waals surface area contributed by atoms with E-state index in [0.717, 1.165) is 41.4 Å². The van der Waals surface area contributed by atoms with Crippen molar-refractivity contribution in [3.05, 3.63) is 78.6 Å². The zero-order valence-electron chi connectivity index (χ0n) is 18.0. The zero-order valence-corrected chi connectivity index (χ0v) is 18.0. The van der Waals surface area contributed by atoms with E-state index < -0.39 is 0 Å². The fourth-order valence-corrected chi connectivity index (χ4v) is 4.15. The molecule has 4 aromatic rings. The molecule has 0 unspecified atom stereocenters. The summed E-state index contributed by atoms with van der Waals surface area (Å²) >= 11 is 0. The van der Waals surface area contributed by atoms with E-state index in [1.165, 1.54) is 18.5 Å². The number of fused-ring (bicyclic) bond motifs is 1. The number of imidazole rings is 1. The Morgan fingerprint density at radius 2 is 1.81 bits per heavy atom. The van der Waals surface area contributed by atoms with Gasteiger partial charge in [-0.2, -0.15) is 0 Å². The van der Waals surface area contributed by atoms with Crippen LogP contribution in [0.3, 0.4) is 0 Å². The number of carbonyl (C=O) groups excluding carboxylic acids is 1. The quantitative estimate of drug-likeness (QED) is 0.423. The highest BCUT2D eigenvalue weighted by molar-refractivity contribution is 5.90. The van der Waals surface area contributed by atoms with Crippen LogP contribution in [0.5, 0.6) is 0 Å². The average Bonchev–Trinajstić information content (AvgIpc) is 3.48. The molecular formula is C26H26N4O2. The van der Waals surface area contributed by atoms with Gasteiger partial charge < -0.3 is 14.3 Å². The minimum absolute atomic E-state index is 0.00854. The van der Waals surface area contributed by atoms with Crippen LogP contribution in [-0.2, 0) is 24.2 Å². The van der Waals surface area contributed by atoms with Crippen molar-refractivity contribution >= 4 is 11.6 Å². The number of oxazole rings is 1. The maximum Gasteiger partial charge on any atom is 0.224 e. The summed E-state index contributed by atoms with van der Waals surface area (Å²) in [6.07, 6.45) is 8.99. The number of hydrogen-bond donors (Lipinski definition) is 1. The number of nitrogens with one attached hydrogen (secondary N) is 1. The Bertz CT molecular complexity index is 1190. The molecule has 1 aliphatic heterocycles. The van der Waals surface area contributed by atoms with Crippen LogP contribution in [0.25, 0.3) is 22.7 Å². The molecule has 162 valence electrons. The summed E-state index contributed by atoms with van der Waals surface area (Å²) in [5.41, 5.74) is 4.19. The zero-order chi connectivity index (χ0) is 21.8. The summed E-state index contributed by atoms with van der Waals surface area (Å²) in [6, 6.07) is 17.8. The standard InChI is InChI=1S/C26H26N4O2/c31-24(10-6-11-25-27-18-23(32-25)19-7-2-1-3-8-19)29-21-14-12-20(13-15-21)26-28-17-22-9-4-5-16-30(22)26/h1-3,7-8,12-15,17-18H,4-6,9-11,16H2,(H,29,31). The van der Waals surface area contributed by atoms with Crippen molar-refractivity contribution in [2.24, 2.45) is 0 Å². The van der Waals surface area contributed by atoms with E-state index in [4.69, 9.17) is 4.42 Å². The number of hydrogen-bond acceptors (Lipinski definition) is 4.